The molecule has 0 radical (unpaired) electrons. The maximum absolute atomic E-state index is 13.5. The van der Waals surface area contributed by atoms with Crippen molar-refractivity contribution in [3.05, 3.63) is 166 Å². The van der Waals surface area contributed by atoms with Gasteiger partial charge in [-0.25, -0.2) is 13.6 Å². The number of hydrogen-bond acceptors (Lipinski definition) is 8. The SMILES string of the molecule is NS(=O)(=O)c1ccc(NC(=O)C(Sc2ccc(NC(=O)/C(=C/c3ccccc3[N+](=O)[O-])NC(=O)c3ccccc3)cc2)c2ccccc2)cc1. The minimum Gasteiger partial charge on any atom is -0.325 e. The molecule has 50 heavy (non-hydrogen) atoms. The zero-order chi connectivity index (χ0) is 35.7. The summed E-state index contributed by atoms with van der Waals surface area (Å²) >= 11 is 1.25. The number of anilines is 2. The molecule has 0 aromatic heterocycles. The molecule has 5 aromatic rings. The third kappa shape index (κ3) is 9.29. The Hall–Kier alpha value is -6.09. The van der Waals surface area contributed by atoms with E-state index in [9.17, 15) is 32.9 Å². The maximum atomic E-state index is 13.5. The van der Waals surface area contributed by atoms with Crippen LogP contribution in [0, 0.1) is 10.1 Å². The maximum Gasteiger partial charge on any atom is 0.276 e. The summed E-state index contributed by atoms with van der Waals surface area (Å²) in [5.74, 6) is -1.66. The average Bonchev–Trinajstić information content (AvgIpc) is 3.11. The molecule has 14 heteroatoms. The molecule has 0 spiro atoms. The number of thioether (sulfide) groups is 1. The molecule has 0 aliphatic rings. The Morgan fingerprint density at radius 2 is 1.30 bits per heavy atom. The number of primary sulfonamides is 1. The molecular weight excluding hydrogens is 679 g/mol. The van der Waals surface area contributed by atoms with E-state index >= 15 is 0 Å². The van der Waals surface area contributed by atoms with Crippen LogP contribution in [-0.2, 0) is 19.6 Å². The van der Waals surface area contributed by atoms with Crippen molar-refractivity contribution < 1.29 is 27.7 Å². The number of carbonyl (C=O) groups excluding carboxylic acids is 3. The summed E-state index contributed by atoms with van der Waals surface area (Å²) in [5.41, 5.74) is 1.40. The largest absolute Gasteiger partial charge is 0.325 e. The van der Waals surface area contributed by atoms with Crippen molar-refractivity contribution in [1.29, 1.82) is 0 Å². The van der Waals surface area contributed by atoms with E-state index in [0.717, 1.165) is 0 Å². The second-order valence-electron chi connectivity index (χ2n) is 10.6. The number of sulfonamides is 1. The molecule has 0 heterocycles. The van der Waals surface area contributed by atoms with Crippen LogP contribution in [0.25, 0.3) is 6.08 Å². The predicted molar refractivity (Wildman–Crippen MR) is 192 cm³/mol. The van der Waals surface area contributed by atoms with Crippen LogP contribution in [0.3, 0.4) is 0 Å². The van der Waals surface area contributed by atoms with Crippen LogP contribution in [0.2, 0.25) is 0 Å². The van der Waals surface area contributed by atoms with Crippen molar-refractivity contribution in [1.82, 2.24) is 5.32 Å². The van der Waals surface area contributed by atoms with Crippen molar-refractivity contribution in [3.63, 3.8) is 0 Å². The molecule has 5 N–H and O–H groups in total. The third-order valence-corrected chi connectivity index (χ3v) is 9.31. The number of carbonyl (C=O) groups is 3. The molecule has 252 valence electrons. The van der Waals surface area contributed by atoms with Gasteiger partial charge in [0.15, 0.2) is 0 Å². The average molecular weight is 708 g/mol. The lowest BCUT2D eigenvalue weighted by molar-refractivity contribution is -0.385. The van der Waals surface area contributed by atoms with E-state index in [0.29, 0.717) is 21.8 Å². The van der Waals surface area contributed by atoms with Gasteiger partial charge in [0.1, 0.15) is 10.9 Å². The highest BCUT2D eigenvalue weighted by atomic mass is 32.2. The molecule has 5 rings (SSSR count). The monoisotopic (exact) mass is 707 g/mol. The molecule has 0 aliphatic carbocycles. The van der Waals surface area contributed by atoms with Crippen LogP contribution >= 0.6 is 11.8 Å². The number of nitro groups is 1. The number of amides is 3. The highest BCUT2D eigenvalue weighted by Crippen LogP contribution is 2.37. The molecule has 3 amide bonds. The highest BCUT2D eigenvalue weighted by Gasteiger charge is 2.23. The van der Waals surface area contributed by atoms with Gasteiger partial charge in [-0.15, -0.1) is 11.8 Å². The number of nitrogens with two attached hydrogens (primary N) is 1. The first kappa shape index (κ1) is 35.2. The zero-order valence-corrected chi connectivity index (χ0v) is 27.7. The summed E-state index contributed by atoms with van der Waals surface area (Å²) in [7, 11) is -3.89. The molecule has 0 aliphatic heterocycles. The summed E-state index contributed by atoms with van der Waals surface area (Å²) in [6, 6.07) is 35.3. The molecular formula is C36H29N5O7S2. The smallest absolute Gasteiger partial charge is 0.276 e. The Balaban J connectivity index is 1.35. The first-order valence-electron chi connectivity index (χ1n) is 14.9. The summed E-state index contributed by atoms with van der Waals surface area (Å²) < 4.78 is 23.2. The van der Waals surface area contributed by atoms with Crippen LogP contribution in [0.5, 0.6) is 0 Å². The number of para-hydroxylation sites is 1. The van der Waals surface area contributed by atoms with Gasteiger partial charge in [-0.2, -0.15) is 0 Å². The van der Waals surface area contributed by atoms with Gasteiger partial charge < -0.3 is 16.0 Å². The molecule has 1 unspecified atom stereocenters. The molecule has 1 atom stereocenters. The number of benzene rings is 5. The second kappa shape index (κ2) is 15.9. The van der Waals surface area contributed by atoms with E-state index in [1.165, 1.54) is 60.3 Å². The van der Waals surface area contributed by atoms with Gasteiger partial charge in [0, 0.05) is 27.9 Å². The Morgan fingerprint density at radius 3 is 1.92 bits per heavy atom. The van der Waals surface area contributed by atoms with Crippen LogP contribution in [0.4, 0.5) is 17.1 Å². The fourth-order valence-electron chi connectivity index (χ4n) is 4.66. The van der Waals surface area contributed by atoms with Gasteiger partial charge in [0.2, 0.25) is 15.9 Å². The zero-order valence-electron chi connectivity index (χ0n) is 26.1. The number of nitrogens with zero attached hydrogens (tertiary/aromatic N) is 1. The lowest BCUT2D eigenvalue weighted by Gasteiger charge is -2.18. The van der Waals surface area contributed by atoms with Gasteiger partial charge >= 0.3 is 0 Å². The Labute approximate surface area is 291 Å². The fourth-order valence-corrected chi connectivity index (χ4v) is 6.20. The molecule has 0 saturated carbocycles. The van der Waals surface area contributed by atoms with Gasteiger partial charge in [0.25, 0.3) is 17.5 Å². The molecule has 0 fully saturated rings. The van der Waals surface area contributed by atoms with Gasteiger partial charge in [-0.1, -0.05) is 60.7 Å². The number of nitro benzene ring substituents is 1. The highest BCUT2D eigenvalue weighted by molar-refractivity contribution is 8.00. The number of nitrogens with one attached hydrogen (secondary N) is 3. The molecule has 12 nitrogen and oxygen atoms in total. The minimum atomic E-state index is -3.89. The molecule has 5 aromatic carbocycles. The van der Waals surface area contributed by atoms with Crippen LogP contribution in [-0.4, -0.2) is 31.1 Å². The van der Waals surface area contributed by atoms with E-state index in [1.54, 1.807) is 72.8 Å². The van der Waals surface area contributed by atoms with Crippen molar-refractivity contribution in [2.24, 2.45) is 5.14 Å². The van der Waals surface area contributed by atoms with E-state index in [1.807, 2.05) is 18.2 Å². The minimum absolute atomic E-state index is 0.0840. The molecule has 0 saturated heterocycles. The van der Waals surface area contributed by atoms with Crippen LogP contribution in [0.1, 0.15) is 26.7 Å². The van der Waals surface area contributed by atoms with E-state index in [-0.39, 0.29) is 33.3 Å². The van der Waals surface area contributed by atoms with E-state index in [2.05, 4.69) is 16.0 Å². The summed E-state index contributed by atoms with van der Waals surface area (Å²) in [6.07, 6.45) is 1.24. The standard InChI is InChI=1S/C36H29N5O7S2/c37-50(47,48)30-21-17-28(18-22-30)39-36(44)33(24-9-3-1-4-10-24)49-29-19-15-27(16-20-29)38-35(43)31(40-34(42)25-11-5-2-6-12-25)23-26-13-7-8-14-32(26)41(45)46/h1-23,33H,(H,38,43)(H,39,44)(H,40,42)(H2,37,47,48)/b31-23-. The van der Waals surface area contributed by atoms with E-state index in [4.69, 9.17) is 5.14 Å². The normalized spacial score (nSPS) is 12.0. The van der Waals surface area contributed by atoms with Gasteiger partial charge in [-0.3, -0.25) is 24.5 Å². The first-order chi connectivity index (χ1) is 24.0. The van der Waals surface area contributed by atoms with Crippen LogP contribution < -0.4 is 21.1 Å². The topological polar surface area (TPSA) is 191 Å². The fraction of sp³-hybridized carbons (Fsp3) is 0.0278. The number of hydrogen-bond donors (Lipinski definition) is 4. The van der Waals surface area contributed by atoms with Crippen molar-refractivity contribution >= 4 is 62.6 Å². The second-order valence-corrected chi connectivity index (χ2v) is 13.4. The Bertz CT molecular complexity index is 2160. The summed E-state index contributed by atoms with van der Waals surface area (Å²) in [6.45, 7) is 0. The predicted octanol–water partition coefficient (Wildman–Crippen LogP) is 6.12. The Kier molecular flexibility index (Phi) is 11.2. The number of rotatable bonds is 12. The summed E-state index contributed by atoms with van der Waals surface area (Å²) in [5, 5.41) is 24.2. The molecule has 0 bridgehead atoms. The van der Waals surface area contributed by atoms with Gasteiger partial charge in [0.05, 0.1) is 15.4 Å². The van der Waals surface area contributed by atoms with Crippen molar-refractivity contribution in [2.45, 2.75) is 15.0 Å². The van der Waals surface area contributed by atoms with Crippen molar-refractivity contribution in [3.8, 4) is 0 Å². The lowest BCUT2D eigenvalue weighted by atomic mass is 10.1. The lowest BCUT2D eigenvalue weighted by Crippen LogP contribution is -2.30. The van der Waals surface area contributed by atoms with Gasteiger partial charge in [-0.05, 0) is 78.4 Å². The summed E-state index contributed by atoms with van der Waals surface area (Å²) in [4.78, 5) is 51.6. The van der Waals surface area contributed by atoms with Crippen LogP contribution in [0.15, 0.2) is 149 Å². The third-order valence-electron chi connectivity index (χ3n) is 7.12. The van der Waals surface area contributed by atoms with E-state index < -0.39 is 32.0 Å². The first-order valence-corrected chi connectivity index (χ1v) is 17.3. The quantitative estimate of drug-likeness (QED) is 0.0516. The van der Waals surface area contributed by atoms with Crippen molar-refractivity contribution in [2.75, 3.05) is 10.6 Å². The Morgan fingerprint density at radius 1 is 0.740 bits per heavy atom.